The fourth-order valence-electron chi connectivity index (χ4n) is 1.67. The van der Waals surface area contributed by atoms with E-state index in [1.807, 2.05) is 0 Å². The molecule has 4 heteroatoms. The average molecular weight is 246 g/mol. The Morgan fingerprint density at radius 2 is 1.78 bits per heavy atom. The summed E-state index contributed by atoms with van der Waals surface area (Å²) < 4.78 is 13.7. The van der Waals surface area contributed by atoms with Crippen LogP contribution in [0.2, 0.25) is 0 Å². The van der Waals surface area contributed by atoms with Crippen molar-refractivity contribution in [1.29, 1.82) is 0 Å². The van der Waals surface area contributed by atoms with E-state index < -0.39 is 11.8 Å². The van der Waals surface area contributed by atoms with Crippen LogP contribution >= 0.6 is 0 Å². The van der Waals surface area contributed by atoms with Crippen LogP contribution in [0.4, 0.5) is 4.39 Å². The number of carboxylic acids is 1. The van der Waals surface area contributed by atoms with Gasteiger partial charge in [-0.05, 0) is 29.3 Å². The summed E-state index contributed by atoms with van der Waals surface area (Å²) in [5.74, 6) is -1.57. The van der Waals surface area contributed by atoms with Crippen LogP contribution in [0.5, 0.6) is 0 Å². The first kappa shape index (κ1) is 12.3. The number of hydrogen-bond acceptors (Lipinski definition) is 2. The molecule has 2 aromatic carbocycles. The largest absolute Gasteiger partial charge is 0.478 e. The number of hydrogen-bond donors (Lipinski definition) is 2. The Morgan fingerprint density at radius 3 is 2.33 bits per heavy atom. The van der Waals surface area contributed by atoms with Gasteiger partial charge in [0.15, 0.2) is 0 Å². The molecular formula is C14H11FO3. The monoisotopic (exact) mass is 246 g/mol. The minimum Gasteiger partial charge on any atom is -0.478 e. The van der Waals surface area contributed by atoms with Crippen molar-refractivity contribution in [2.75, 3.05) is 0 Å². The summed E-state index contributed by atoms with van der Waals surface area (Å²) in [5, 5.41) is 17.8. The zero-order valence-corrected chi connectivity index (χ0v) is 9.43. The number of halogens is 1. The number of aliphatic hydroxyl groups is 1. The molecule has 0 heterocycles. The van der Waals surface area contributed by atoms with E-state index in [1.54, 1.807) is 24.3 Å². The smallest absolute Gasteiger partial charge is 0.335 e. The van der Waals surface area contributed by atoms with Crippen molar-refractivity contribution in [2.24, 2.45) is 0 Å². The Kier molecular flexibility index (Phi) is 3.39. The van der Waals surface area contributed by atoms with Crippen LogP contribution in [-0.2, 0) is 6.61 Å². The van der Waals surface area contributed by atoms with Crippen LogP contribution in [0.25, 0.3) is 11.1 Å². The highest BCUT2D eigenvalue weighted by Gasteiger charge is 2.10. The van der Waals surface area contributed by atoms with Crippen LogP contribution < -0.4 is 0 Å². The molecule has 0 aliphatic heterocycles. The number of benzene rings is 2. The molecule has 92 valence electrons. The third kappa shape index (κ3) is 2.38. The summed E-state index contributed by atoms with van der Waals surface area (Å²) >= 11 is 0. The first-order valence-corrected chi connectivity index (χ1v) is 5.35. The maximum absolute atomic E-state index is 13.7. The van der Waals surface area contributed by atoms with Gasteiger partial charge < -0.3 is 10.2 Å². The van der Waals surface area contributed by atoms with Gasteiger partial charge in [0.1, 0.15) is 5.82 Å². The maximum atomic E-state index is 13.7. The lowest BCUT2D eigenvalue weighted by Crippen LogP contribution is -1.97. The summed E-state index contributed by atoms with van der Waals surface area (Å²) in [6.45, 7) is -0.0854. The molecule has 0 amide bonds. The molecule has 2 N–H and O–H groups in total. The predicted molar refractivity (Wildman–Crippen MR) is 64.7 cm³/mol. The van der Waals surface area contributed by atoms with Gasteiger partial charge in [0, 0.05) is 5.56 Å². The summed E-state index contributed by atoms with van der Waals surface area (Å²) in [5.41, 5.74) is 1.57. The molecule has 0 aromatic heterocycles. The number of aromatic carboxylic acids is 1. The van der Waals surface area contributed by atoms with Gasteiger partial charge >= 0.3 is 5.97 Å². The van der Waals surface area contributed by atoms with E-state index in [-0.39, 0.29) is 17.7 Å². The first-order chi connectivity index (χ1) is 8.61. The van der Waals surface area contributed by atoms with E-state index in [1.165, 1.54) is 12.1 Å². The van der Waals surface area contributed by atoms with Crippen LogP contribution in [0, 0.1) is 5.82 Å². The van der Waals surface area contributed by atoms with Crippen molar-refractivity contribution in [1.82, 2.24) is 0 Å². The minimum atomic E-state index is -1.09. The van der Waals surface area contributed by atoms with Gasteiger partial charge in [0.05, 0.1) is 12.2 Å². The SMILES string of the molecule is O=C(O)c1ccc(F)c(-c2ccc(CO)cc2)c1. The second-order valence-electron chi connectivity index (χ2n) is 3.85. The predicted octanol–water partition coefficient (Wildman–Crippen LogP) is 2.68. The molecule has 0 atom stereocenters. The van der Waals surface area contributed by atoms with Gasteiger partial charge in [-0.1, -0.05) is 24.3 Å². The van der Waals surface area contributed by atoms with Crippen molar-refractivity contribution < 1.29 is 19.4 Å². The molecule has 0 unspecified atom stereocenters. The lowest BCUT2D eigenvalue weighted by molar-refractivity contribution is 0.0697. The molecule has 0 spiro atoms. The topological polar surface area (TPSA) is 57.5 Å². The van der Waals surface area contributed by atoms with Gasteiger partial charge in [0.25, 0.3) is 0 Å². The molecule has 0 saturated heterocycles. The van der Waals surface area contributed by atoms with E-state index in [0.717, 1.165) is 6.07 Å². The van der Waals surface area contributed by atoms with E-state index in [9.17, 15) is 9.18 Å². The summed E-state index contributed by atoms with van der Waals surface area (Å²) in [6.07, 6.45) is 0. The van der Waals surface area contributed by atoms with Crippen molar-refractivity contribution in [3.05, 3.63) is 59.4 Å². The zero-order chi connectivity index (χ0) is 13.1. The fraction of sp³-hybridized carbons (Fsp3) is 0.0714. The second kappa shape index (κ2) is 4.98. The molecule has 0 saturated carbocycles. The highest BCUT2D eigenvalue weighted by molar-refractivity contribution is 5.89. The van der Waals surface area contributed by atoms with Crippen molar-refractivity contribution in [3.63, 3.8) is 0 Å². The highest BCUT2D eigenvalue weighted by Crippen LogP contribution is 2.24. The Labute approximate surface area is 103 Å². The molecule has 2 rings (SSSR count). The van der Waals surface area contributed by atoms with Crippen molar-refractivity contribution >= 4 is 5.97 Å². The summed E-state index contributed by atoms with van der Waals surface area (Å²) in [6, 6.07) is 10.3. The average Bonchev–Trinajstić information content (AvgIpc) is 2.39. The van der Waals surface area contributed by atoms with E-state index in [4.69, 9.17) is 10.2 Å². The minimum absolute atomic E-state index is 0.0395. The fourth-order valence-corrected chi connectivity index (χ4v) is 1.67. The number of carboxylic acid groups (broad SMARTS) is 1. The number of carbonyl (C=O) groups is 1. The third-order valence-corrected chi connectivity index (χ3v) is 2.66. The molecule has 0 fully saturated rings. The lowest BCUT2D eigenvalue weighted by Gasteiger charge is -2.06. The molecule has 2 aromatic rings. The zero-order valence-electron chi connectivity index (χ0n) is 9.43. The molecule has 0 aliphatic rings. The molecule has 0 radical (unpaired) electrons. The van der Waals surface area contributed by atoms with Crippen LogP contribution in [0.1, 0.15) is 15.9 Å². The standard InChI is InChI=1S/C14H11FO3/c15-13-6-5-11(14(17)18)7-12(13)10-3-1-9(8-16)2-4-10/h1-7,16H,8H2,(H,17,18). The first-order valence-electron chi connectivity index (χ1n) is 5.35. The van der Waals surface area contributed by atoms with Crippen LogP contribution in [-0.4, -0.2) is 16.2 Å². The van der Waals surface area contributed by atoms with Gasteiger partial charge in [-0.3, -0.25) is 0 Å². The normalized spacial score (nSPS) is 10.3. The second-order valence-corrected chi connectivity index (χ2v) is 3.85. The molecule has 0 aliphatic carbocycles. The maximum Gasteiger partial charge on any atom is 0.335 e. The van der Waals surface area contributed by atoms with E-state index >= 15 is 0 Å². The van der Waals surface area contributed by atoms with E-state index in [0.29, 0.717) is 11.1 Å². The van der Waals surface area contributed by atoms with Crippen molar-refractivity contribution in [3.8, 4) is 11.1 Å². The molecule has 0 bridgehead atoms. The summed E-state index contributed by atoms with van der Waals surface area (Å²) in [7, 11) is 0. The van der Waals surface area contributed by atoms with Crippen molar-refractivity contribution in [2.45, 2.75) is 6.61 Å². The Morgan fingerprint density at radius 1 is 1.11 bits per heavy atom. The Bertz CT molecular complexity index is 576. The Balaban J connectivity index is 2.48. The lowest BCUT2D eigenvalue weighted by atomic mass is 10.0. The van der Waals surface area contributed by atoms with E-state index in [2.05, 4.69) is 0 Å². The number of aliphatic hydroxyl groups excluding tert-OH is 1. The van der Waals surface area contributed by atoms with Crippen LogP contribution in [0.3, 0.4) is 0 Å². The van der Waals surface area contributed by atoms with Gasteiger partial charge in [-0.15, -0.1) is 0 Å². The highest BCUT2D eigenvalue weighted by atomic mass is 19.1. The number of rotatable bonds is 3. The quantitative estimate of drug-likeness (QED) is 0.875. The van der Waals surface area contributed by atoms with Gasteiger partial charge in [0.2, 0.25) is 0 Å². The third-order valence-electron chi connectivity index (χ3n) is 2.66. The molecular weight excluding hydrogens is 235 g/mol. The Hall–Kier alpha value is -2.20. The summed E-state index contributed by atoms with van der Waals surface area (Å²) in [4.78, 5) is 10.8. The van der Waals surface area contributed by atoms with Gasteiger partial charge in [-0.2, -0.15) is 0 Å². The van der Waals surface area contributed by atoms with Crippen LogP contribution in [0.15, 0.2) is 42.5 Å². The molecule has 18 heavy (non-hydrogen) atoms. The van der Waals surface area contributed by atoms with Gasteiger partial charge in [-0.25, -0.2) is 9.18 Å². The molecule has 3 nitrogen and oxygen atoms in total.